The number of benzene rings is 1. The summed E-state index contributed by atoms with van der Waals surface area (Å²) in [6, 6.07) is 12.1. The number of nitrogens with one attached hydrogen (secondary N) is 3. The van der Waals surface area contributed by atoms with Crippen molar-refractivity contribution < 1.29 is 4.74 Å². The van der Waals surface area contributed by atoms with Crippen LogP contribution in [0.2, 0.25) is 0 Å². The summed E-state index contributed by atoms with van der Waals surface area (Å²) in [6.07, 6.45) is 5.13. The van der Waals surface area contributed by atoms with Crippen molar-refractivity contribution in [2.45, 2.75) is 57.2 Å². The van der Waals surface area contributed by atoms with E-state index in [1.807, 2.05) is 13.0 Å². The minimum atomic E-state index is 0.321. The predicted octanol–water partition coefficient (Wildman–Crippen LogP) is 3.56. The Labute approximate surface area is 211 Å². The third-order valence-electron chi connectivity index (χ3n) is 7.71. The molecule has 5 heterocycles. The Morgan fingerprint density at radius 1 is 1.14 bits per heavy atom. The molecule has 6 rings (SSSR count). The topological polar surface area (TPSA) is 118 Å². The van der Waals surface area contributed by atoms with Gasteiger partial charge in [-0.15, -0.1) is 0 Å². The van der Waals surface area contributed by atoms with Gasteiger partial charge >= 0.3 is 0 Å². The quantitative estimate of drug-likeness (QED) is 0.460. The summed E-state index contributed by atoms with van der Waals surface area (Å²) in [4.78, 5) is 14.8. The summed E-state index contributed by atoms with van der Waals surface area (Å²) in [6.45, 7) is 6.12. The molecule has 0 unspecified atom stereocenters. The normalized spacial score (nSPS) is 24.1. The van der Waals surface area contributed by atoms with E-state index in [1.165, 1.54) is 12.8 Å². The maximum atomic E-state index is 9.03. The van der Waals surface area contributed by atoms with Crippen LogP contribution in [0.25, 0.3) is 10.9 Å². The molecule has 10 heteroatoms. The molecule has 3 fully saturated rings. The van der Waals surface area contributed by atoms with E-state index in [0.717, 1.165) is 79.6 Å². The van der Waals surface area contributed by atoms with Crippen LogP contribution in [0.15, 0.2) is 24.3 Å². The fraction of sp³-hybridized carbons (Fsp3) is 0.538. The SMILES string of the molecule is Cc1cc(Nc2nc(N[C@@H]3C[C@H]4CC[C@@H](C3)N4CCC#N)nc3cc(N4CCOCC4)ccc23)n[nH]1. The van der Waals surface area contributed by atoms with Crippen molar-refractivity contribution in [1.29, 1.82) is 5.26 Å². The molecular formula is C26H33N9O. The lowest BCUT2D eigenvalue weighted by Gasteiger charge is -2.38. The van der Waals surface area contributed by atoms with Gasteiger partial charge < -0.3 is 20.3 Å². The Bertz CT molecular complexity index is 1250. The average molecular weight is 488 g/mol. The molecule has 3 N–H and O–H groups in total. The summed E-state index contributed by atoms with van der Waals surface area (Å²) < 4.78 is 5.53. The van der Waals surface area contributed by atoms with E-state index in [0.29, 0.717) is 30.5 Å². The summed E-state index contributed by atoms with van der Waals surface area (Å²) in [5, 5.41) is 24.4. The van der Waals surface area contributed by atoms with Crippen molar-refractivity contribution in [2.24, 2.45) is 0 Å². The van der Waals surface area contributed by atoms with Gasteiger partial charge in [-0.1, -0.05) is 0 Å². The number of hydrogen-bond acceptors (Lipinski definition) is 9. The van der Waals surface area contributed by atoms with Gasteiger partial charge in [-0.2, -0.15) is 15.3 Å². The zero-order chi connectivity index (χ0) is 24.5. The number of rotatable bonds is 7. The molecule has 0 radical (unpaired) electrons. The molecule has 0 amide bonds. The summed E-state index contributed by atoms with van der Waals surface area (Å²) >= 11 is 0. The highest BCUT2D eigenvalue weighted by Crippen LogP contribution is 2.37. The molecule has 0 aliphatic carbocycles. The molecule has 3 aliphatic rings. The number of aromatic amines is 1. The van der Waals surface area contributed by atoms with Crippen LogP contribution in [-0.2, 0) is 4.74 Å². The molecule has 10 nitrogen and oxygen atoms in total. The molecule has 3 aliphatic heterocycles. The fourth-order valence-electron chi connectivity index (χ4n) is 6.02. The van der Waals surface area contributed by atoms with Gasteiger partial charge in [-0.05, 0) is 50.8 Å². The second kappa shape index (κ2) is 9.91. The number of piperidine rings is 1. The molecule has 3 atom stereocenters. The molecule has 3 saturated heterocycles. The monoisotopic (exact) mass is 487 g/mol. The van der Waals surface area contributed by atoms with Crippen LogP contribution >= 0.6 is 0 Å². The van der Waals surface area contributed by atoms with E-state index in [4.69, 9.17) is 20.0 Å². The van der Waals surface area contributed by atoms with E-state index in [2.05, 4.69) is 54.9 Å². The summed E-state index contributed by atoms with van der Waals surface area (Å²) in [7, 11) is 0. The highest BCUT2D eigenvalue weighted by atomic mass is 16.5. The minimum Gasteiger partial charge on any atom is -0.378 e. The van der Waals surface area contributed by atoms with Gasteiger partial charge in [-0.25, -0.2) is 4.98 Å². The Morgan fingerprint density at radius 2 is 1.94 bits per heavy atom. The molecule has 188 valence electrons. The number of aryl methyl sites for hydroxylation is 1. The number of nitriles is 1. The first-order valence-electron chi connectivity index (χ1n) is 13.0. The maximum absolute atomic E-state index is 9.03. The van der Waals surface area contributed by atoms with Gasteiger partial charge in [0.2, 0.25) is 5.95 Å². The van der Waals surface area contributed by atoms with Crippen LogP contribution in [0.4, 0.5) is 23.3 Å². The standard InChI is InChI=1S/C26H33N9O/c1-17-13-24(33-32-17)30-25-22-6-5-19(34-9-11-36-12-10-34)16-23(22)29-26(31-25)28-18-14-20-3-4-21(15-18)35(20)8-2-7-27/h5-6,13,16,18,20-21H,2-4,8-12,14-15H2,1H3,(H3,28,29,30,31,32,33)/t18-,20-,21+. The second-order valence-electron chi connectivity index (χ2n) is 10.1. The van der Waals surface area contributed by atoms with E-state index >= 15 is 0 Å². The number of anilines is 4. The van der Waals surface area contributed by atoms with Gasteiger partial charge in [0.1, 0.15) is 5.82 Å². The summed E-state index contributed by atoms with van der Waals surface area (Å²) in [5.41, 5.74) is 3.05. The fourth-order valence-corrected chi connectivity index (χ4v) is 6.02. The zero-order valence-corrected chi connectivity index (χ0v) is 20.7. The number of nitrogens with zero attached hydrogens (tertiary/aromatic N) is 6. The highest BCUT2D eigenvalue weighted by Gasteiger charge is 2.40. The smallest absolute Gasteiger partial charge is 0.225 e. The number of morpholine rings is 1. The zero-order valence-electron chi connectivity index (χ0n) is 20.7. The Kier molecular flexibility index (Phi) is 6.34. The Balaban J connectivity index is 1.28. The van der Waals surface area contributed by atoms with Crippen LogP contribution < -0.4 is 15.5 Å². The average Bonchev–Trinajstić information content (AvgIpc) is 3.41. The van der Waals surface area contributed by atoms with E-state index < -0.39 is 0 Å². The molecule has 2 bridgehead atoms. The van der Waals surface area contributed by atoms with Crippen LogP contribution in [0.1, 0.15) is 37.8 Å². The van der Waals surface area contributed by atoms with Gasteiger partial charge in [0.05, 0.1) is 24.8 Å². The number of hydrogen-bond donors (Lipinski definition) is 3. The van der Waals surface area contributed by atoms with Crippen LogP contribution in [-0.4, -0.2) is 76.0 Å². The number of ether oxygens (including phenoxy) is 1. The van der Waals surface area contributed by atoms with Gasteiger partial charge in [0, 0.05) is 67.0 Å². The van der Waals surface area contributed by atoms with Gasteiger partial charge in [-0.3, -0.25) is 10.00 Å². The van der Waals surface area contributed by atoms with Crippen molar-refractivity contribution in [2.75, 3.05) is 48.4 Å². The Morgan fingerprint density at radius 3 is 2.67 bits per heavy atom. The molecule has 36 heavy (non-hydrogen) atoms. The van der Waals surface area contributed by atoms with Crippen molar-refractivity contribution in [3.63, 3.8) is 0 Å². The van der Waals surface area contributed by atoms with E-state index in [-0.39, 0.29) is 0 Å². The van der Waals surface area contributed by atoms with Gasteiger partial charge in [0.15, 0.2) is 5.82 Å². The number of aromatic nitrogens is 4. The van der Waals surface area contributed by atoms with Crippen molar-refractivity contribution in [3.8, 4) is 6.07 Å². The van der Waals surface area contributed by atoms with Crippen molar-refractivity contribution >= 4 is 34.2 Å². The molecule has 3 aromatic rings. The van der Waals surface area contributed by atoms with Crippen molar-refractivity contribution in [1.82, 2.24) is 25.1 Å². The van der Waals surface area contributed by atoms with E-state index in [9.17, 15) is 0 Å². The minimum absolute atomic E-state index is 0.321. The van der Waals surface area contributed by atoms with Crippen LogP contribution in [0.3, 0.4) is 0 Å². The molecule has 1 aromatic carbocycles. The first-order chi connectivity index (χ1) is 17.7. The maximum Gasteiger partial charge on any atom is 0.225 e. The van der Waals surface area contributed by atoms with E-state index in [1.54, 1.807) is 0 Å². The first kappa shape index (κ1) is 23.0. The largest absolute Gasteiger partial charge is 0.378 e. The van der Waals surface area contributed by atoms with Crippen LogP contribution in [0.5, 0.6) is 0 Å². The third-order valence-corrected chi connectivity index (χ3v) is 7.71. The number of fused-ring (bicyclic) bond motifs is 3. The molecule has 0 saturated carbocycles. The molecular weight excluding hydrogens is 454 g/mol. The summed E-state index contributed by atoms with van der Waals surface area (Å²) in [5.74, 6) is 2.13. The lowest BCUT2D eigenvalue weighted by Crippen LogP contribution is -2.47. The van der Waals surface area contributed by atoms with Gasteiger partial charge in [0.25, 0.3) is 0 Å². The van der Waals surface area contributed by atoms with Crippen LogP contribution in [0, 0.1) is 18.3 Å². The second-order valence-corrected chi connectivity index (χ2v) is 10.1. The van der Waals surface area contributed by atoms with Crippen molar-refractivity contribution in [3.05, 3.63) is 30.0 Å². The molecule has 0 spiro atoms. The highest BCUT2D eigenvalue weighted by molar-refractivity contribution is 5.93. The molecule has 2 aromatic heterocycles. The lowest BCUT2D eigenvalue weighted by molar-refractivity contribution is 0.122. The predicted molar refractivity (Wildman–Crippen MR) is 140 cm³/mol. The number of H-pyrrole nitrogens is 1. The first-order valence-corrected chi connectivity index (χ1v) is 13.0. The Hall–Kier alpha value is -3.42. The lowest BCUT2D eigenvalue weighted by atomic mass is 9.97. The third kappa shape index (κ3) is 4.68.